The van der Waals surface area contributed by atoms with E-state index in [9.17, 15) is 18.0 Å². The van der Waals surface area contributed by atoms with Crippen molar-refractivity contribution in [3.8, 4) is 0 Å². The third-order valence-corrected chi connectivity index (χ3v) is 7.31. The van der Waals surface area contributed by atoms with Crippen LogP contribution in [0.25, 0.3) is 0 Å². The van der Waals surface area contributed by atoms with E-state index in [4.69, 9.17) is 0 Å². The van der Waals surface area contributed by atoms with Gasteiger partial charge in [0.2, 0.25) is 5.91 Å². The molecule has 3 aliphatic rings. The Kier molecular flexibility index (Phi) is 4.75. The first-order valence-electron chi connectivity index (χ1n) is 9.40. The highest BCUT2D eigenvalue weighted by molar-refractivity contribution is 7.91. The molecule has 3 heterocycles. The maximum absolute atomic E-state index is 13.1. The molecule has 0 aromatic heterocycles. The molecule has 2 amide bonds. The largest absolute Gasteiger partial charge is 0.331 e. The first-order chi connectivity index (χ1) is 12.9. The Balaban J connectivity index is 1.56. The van der Waals surface area contributed by atoms with Crippen LogP contribution in [0.2, 0.25) is 0 Å². The maximum Gasteiger partial charge on any atom is 0.270 e. The van der Waals surface area contributed by atoms with E-state index in [0.717, 1.165) is 18.4 Å². The van der Waals surface area contributed by atoms with E-state index >= 15 is 0 Å². The molecule has 2 saturated heterocycles. The van der Waals surface area contributed by atoms with E-state index < -0.39 is 15.9 Å². The molecule has 2 fully saturated rings. The van der Waals surface area contributed by atoms with Crippen LogP contribution in [0.5, 0.6) is 0 Å². The average Bonchev–Trinajstić information content (AvgIpc) is 3.29. The van der Waals surface area contributed by atoms with Gasteiger partial charge in [-0.1, -0.05) is 30.3 Å². The van der Waals surface area contributed by atoms with Gasteiger partial charge in [0.05, 0.1) is 23.6 Å². The molecule has 7 nitrogen and oxygen atoms in total. The number of nitrogens with zero attached hydrogens (tertiary/aromatic N) is 3. The minimum absolute atomic E-state index is 0.0272. The van der Waals surface area contributed by atoms with Gasteiger partial charge in [-0.15, -0.1) is 0 Å². The Bertz CT molecular complexity index is 881. The molecular weight excluding hydrogens is 366 g/mol. The second-order valence-corrected chi connectivity index (χ2v) is 9.64. The van der Waals surface area contributed by atoms with Crippen LogP contribution in [0.3, 0.4) is 0 Å². The van der Waals surface area contributed by atoms with Gasteiger partial charge < -0.3 is 4.90 Å². The molecule has 0 saturated carbocycles. The Labute approximate surface area is 158 Å². The molecular formula is C19H23N3O4S. The fourth-order valence-corrected chi connectivity index (χ4v) is 5.87. The lowest BCUT2D eigenvalue weighted by atomic mass is 10.0. The van der Waals surface area contributed by atoms with Crippen molar-refractivity contribution >= 4 is 27.4 Å². The zero-order valence-corrected chi connectivity index (χ0v) is 15.9. The minimum atomic E-state index is -3.12. The van der Waals surface area contributed by atoms with Crippen LogP contribution in [0.15, 0.2) is 35.4 Å². The molecule has 27 heavy (non-hydrogen) atoms. The fourth-order valence-electron chi connectivity index (χ4n) is 4.18. The molecule has 0 aliphatic carbocycles. The van der Waals surface area contributed by atoms with Crippen LogP contribution in [-0.4, -0.2) is 59.9 Å². The minimum Gasteiger partial charge on any atom is -0.331 e. The van der Waals surface area contributed by atoms with Crippen molar-refractivity contribution in [3.63, 3.8) is 0 Å². The summed E-state index contributed by atoms with van der Waals surface area (Å²) < 4.78 is 23.5. The molecule has 144 valence electrons. The lowest BCUT2D eigenvalue weighted by Gasteiger charge is -2.30. The molecule has 4 rings (SSSR count). The fraction of sp³-hybridized carbons (Fsp3) is 0.526. The number of hydrogen-bond acceptors (Lipinski definition) is 5. The lowest BCUT2D eigenvalue weighted by Crippen LogP contribution is -2.44. The zero-order valence-electron chi connectivity index (χ0n) is 15.1. The molecule has 2 unspecified atom stereocenters. The molecule has 1 aromatic carbocycles. The molecule has 3 aliphatic heterocycles. The van der Waals surface area contributed by atoms with E-state index in [-0.39, 0.29) is 35.8 Å². The summed E-state index contributed by atoms with van der Waals surface area (Å²) in [4.78, 5) is 27.2. The summed E-state index contributed by atoms with van der Waals surface area (Å²) >= 11 is 0. The molecule has 0 spiro atoms. The van der Waals surface area contributed by atoms with Gasteiger partial charge in [0.1, 0.15) is 5.71 Å². The van der Waals surface area contributed by atoms with E-state index in [1.165, 1.54) is 5.01 Å². The van der Waals surface area contributed by atoms with Gasteiger partial charge in [-0.05, 0) is 24.8 Å². The predicted octanol–water partition coefficient (Wildman–Crippen LogP) is 1.52. The van der Waals surface area contributed by atoms with Crippen molar-refractivity contribution in [3.05, 3.63) is 35.9 Å². The quantitative estimate of drug-likeness (QED) is 0.784. The molecule has 0 bridgehead atoms. The monoisotopic (exact) mass is 389 g/mol. The second kappa shape index (κ2) is 7.07. The van der Waals surface area contributed by atoms with Crippen molar-refractivity contribution in [1.29, 1.82) is 0 Å². The van der Waals surface area contributed by atoms with Gasteiger partial charge in [0, 0.05) is 19.4 Å². The van der Waals surface area contributed by atoms with Gasteiger partial charge in [-0.3, -0.25) is 9.59 Å². The van der Waals surface area contributed by atoms with Crippen LogP contribution in [0.1, 0.15) is 43.7 Å². The molecule has 8 heteroatoms. The topological polar surface area (TPSA) is 87.1 Å². The molecule has 0 radical (unpaired) electrons. The normalized spacial score (nSPS) is 27.7. The number of sulfone groups is 1. The van der Waals surface area contributed by atoms with Crippen molar-refractivity contribution < 1.29 is 18.0 Å². The number of benzene rings is 1. The summed E-state index contributed by atoms with van der Waals surface area (Å²) in [5.41, 5.74) is 1.47. The van der Waals surface area contributed by atoms with E-state index in [0.29, 0.717) is 25.1 Å². The standard InChI is InChI=1S/C19H23N3O4S/c23-18-9-8-16(20-22(18)15-10-12-27(25,26)13-15)19(24)21-11-4-7-17(21)14-5-2-1-3-6-14/h1-3,5-6,15,17H,4,7-13H2. The SMILES string of the molecule is O=C(C1=NN(C2CCS(=O)(=O)C2)C(=O)CC1)N1CCCC1c1ccccc1. The van der Waals surface area contributed by atoms with Crippen LogP contribution in [-0.2, 0) is 19.4 Å². The van der Waals surface area contributed by atoms with Gasteiger partial charge in [-0.25, -0.2) is 13.4 Å². The average molecular weight is 389 g/mol. The van der Waals surface area contributed by atoms with Gasteiger partial charge in [0.25, 0.3) is 5.91 Å². The number of likely N-dealkylation sites (tertiary alicyclic amines) is 1. The summed E-state index contributed by atoms with van der Waals surface area (Å²) in [7, 11) is -3.12. The Morgan fingerprint density at radius 1 is 1.11 bits per heavy atom. The highest BCUT2D eigenvalue weighted by Crippen LogP contribution is 2.33. The third-order valence-electron chi connectivity index (χ3n) is 5.56. The van der Waals surface area contributed by atoms with Crippen molar-refractivity contribution in [2.24, 2.45) is 5.10 Å². The second-order valence-electron chi connectivity index (χ2n) is 7.41. The molecule has 0 N–H and O–H groups in total. The first kappa shape index (κ1) is 18.2. The maximum atomic E-state index is 13.1. The zero-order chi connectivity index (χ0) is 19.0. The first-order valence-corrected chi connectivity index (χ1v) is 11.2. The van der Waals surface area contributed by atoms with Crippen LogP contribution in [0.4, 0.5) is 0 Å². The van der Waals surface area contributed by atoms with Gasteiger partial charge in [-0.2, -0.15) is 5.10 Å². The Morgan fingerprint density at radius 3 is 2.59 bits per heavy atom. The summed E-state index contributed by atoms with van der Waals surface area (Å²) in [6.07, 6.45) is 2.74. The summed E-state index contributed by atoms with van der Waals surface area (Å²) in [5.74, 6) is -0.336. The van der Waals surface area contributed by atoms with Gasteiger partial charge >= 0.3 is 0 Å². The van der Waals surface area contributed by atoms with E-state index in [1.54, 1.807) is 0 Å². The predicted molar refractivity (Wildman–Crippen MR) is 101 cm³/mol. The van der Waals surface area contributed by atoms with Crippen molar-refractivity contribution in [2.75, 3.05) is 18.1 Å². The van der Waals surface area contributed by atoms with E-state index in [2.05, 4.69) is 5.10 Å². The number of carbonyl (C=O) groups is 2. The highest BCUT2D eigenvalue weighted by Gasteiger charge is 2.39. The summed E-state index contributed by atoms with van der Waals surface area (Å²) in [5, 5.41) is 5.59. The van der Waals surface area contributed by atoms with Crippen LogP contribution < -0.4 is 0 Å². The summed E-state index contributed by atoms with van der Waals surface area (Å²) in [6, 6.07) is 9.52. The van der Waals surface area contributed by atoms with Crippen LogP contribution >= 0.6 is 0 Å². The number of amides is 2. The number of hydrogen-bond donors (Lipinski definition) is 0. The highest BCUT2D eigenvalue weighted by atomic mass is 32.2. The smallest absolute Gasteiger partial charge is 0.270 e. The van der Waals surface area contributed by atoms with Gasteiger partial charge in [0.15, 0.2) is 9.84 Å². The van der Waals surface area contributed by atoms with Crippen LogP contribution in [0, 0.1) is 0 Å². The third kappa shape index (κ3) is 3.63. The van der Waals surface area contributed by atoms with Crippen molar-refractivity contribution in [2.45, 2.75) is 44.2 Å². The number of carbonyl (C=O) groups excluding carboxylic acids is 2. The summed E-state index contributed by atoms with van der Waals surface area (Å²) in [6.45, 7) is 0.670. The molecule has 1 aromatic rings. The van der Waals surface area contributed by atoms with E-state index in [1.807, 2.05) is 35.2 Å². The van der Waals surface area contributed by atoms with Crippen molar-refractivity contribution in [1.82, 2.24) is 9.91 Å². The number of hydrazone groups is 1. The Hall–Kier alpha value is -2.22. The Morgan fingerprint density at radius 2 is 1.89 bits per heavy atom. The number of rotatable bonds is 3. The lowest BCUT2D eigenvalue weighted by molar-refractivity contribution is -0.134. The molecule has 2 atom stereocenters.